The topological polar surface area (TPSA) is 254 Å². The molecule has 8 N–H and O–H groups in total. The third-order valence-corrected chi connectivity index (χ3v) is 10.5. The molecule has 0 aromatic rings. The standard InChI is InChI=1S/C43H83N5O14/c1-6-8-15-43(16-9-13-33(3)41(54)44-5,48-37(51)32-61-30-29-60-28-27-59-26-25-56-20-7-2)17-11-18-45-42(55)46-19-24-58-23-12-22-57-21-10-14-35-38(47-34(4)50)40(53)39(52)36(31-49)62-35/h33,35-36,38-40,49,52-53H,6-32H2,1-5H3,(H,44,54)(H,47,50)(H,48,51)(H2,45,46,55)/t33?,35-,36-,38+,39+,40-,43?/m1/s1. The molecule has 1 aliphatic rings. The van der Waals surface area contributed by atoms with E-state index in [1.165, 1.54) is 6.92 Å². The van der Waals surface area contributed by atoms with Crippen molar-refractivity contribution in [2.45, 2.75) is 141 Å². The molecule has 1 heterocycles. The third-order valence-electron chi connectivity index (χ3n) is 10.5. The van der Waals surface area contributed by atoms with Gasteiger partial charge in [-0.1, -0.05) is 40.0 Å². The van der Waals surface area contributed by atoms with Crippen molar-refractivity contribution in [2.75, 3.05) is 106 Å². The van der Waals surface area contributed by atoms with Crippen molar-refractivity contribution in [1.82, 2.24) is 26.6 Å². The Balaban J connectivity index is 2.40. The fraction of sp³-hybridized carbons (Fsp3) is 0.907. The number of hydrogen-bond acceptors (Lipinski definition) is 14. The van der Waals surface area contributed by atoms with E-state index in [4.69, 9.17) is 33.2 Å². The second-order valence-corrected chi connectivity index (χ2v) is 15.8. The van der Waals surface area contributed by atoms with Crippen LogP contribution < -0.4 is 26.6 Å². The van der Waals surface area contributed by atoms with Gasteiger partial charge in [-0.15, -0.1) is 0 Å². The summed E-state index contributed by atoms with van der Waals surface area (Å²) in [6, 6.07) is -1.10. The smallest absolute Gasteiger partial charge is 0.314 e. The van der Waals surface area contributed by atoms with E-state index in [1.54, 1.807) is 7.05 Å². The quantitative estimate of drug-likeness (QED) is 0.0406. The van der Waals surface area contributed by atoms with Gasteiger partial charge in [0.15, 0.2) is 0 Å². The molecule has 1 rings (SSSR count). The monoisotopic (exact) mass is 894 g/mol. The van der Waals surface area contributed by atoms with Crippen LogP contribution in [0.1, 0.15) is 105 Å². The second-order valence-electron chi connectivity index (χ2n) is 15.8. The van der Waals surface area contributed by atoms with Crippen molar-refractivity contribution >= 4 is 23.8 Å². The lowest BCUT2D eigenvalue weighted by molar-refractivity contribution is -0.197. The van der Waals surface area contributed by atoms with Gasteiger partial charge in [0.25, 0.3) is 0 Å². The largest absolute Gasteiger partial charge is 0.394 e. The average Bonchev–Trinajstić information content (AvgIpc) is 3.25. The van der Waals surface area contributed by atoms with Gasteiger partial charge in [0, 0.05) is 64.9 Å². The lowest BCUT2D eigenvalue weighted by Crippen LogP contribution is -2.63. The normalized spacial score (nSPS) is 20.2. The highest BCUT2D eigenvalue weighted by molar-refractivity contribution is 5.78. The number of carbonyl (C=O) groups is 4. The van der Waals surface area contributed by atoms with E-state index < -0.39 is 42.6 Å². The van der Waals surface area contributed by atoms with Gasteiger partial charge in [-0.25, -0.2) is 4.79 Å². The fourth-order valence-corrected chi connectivity index (χ4v) is 7.14. The summed E-state index contributed by atoms with van der Waals surface area (Å²) in [7, 11) is 1.63. The Morgan fingerprint density at radius 1 is 0.677 bits per heavy atom. The van der Waals surface area contributed by atoms with Gasteiger partial charge in [0.2, 0.25) is 17.7 Å². The number of unbranched alkanes of at least 4 members (excludes halogenated alkanes) is 1. The van der Waals surface area contributed by atoms with Gasteiger partial charge in [0.05, 0.1) is 65.0 Å². The molecule has 5 amide bonds. The molecule has 0 aromatic heterocycles. The maximum Gasteiger partial charge on any atom is 0.314 e. The minimum atomic E-state index is -1.31. The van der Waals surface area contributed by atoms with E-state index in [0.29, 0.717) is 117 Å². The van der Waals surface area contributed by atoms with E-state index >= 15 is 0 Å². The number of aliphatic hydroxyl groups is 3. The van der Waals surface area contributed by atoms with Gasteiger partial charge in [-0.3, -0.25) is 14.4 Å². The molecule has 19 heteroatoms. The predicted octanol–water partition coefficient (Wildman–Crippen LogP) is 1.33. The van der Waals surface area contributed by atoms with E-state index in [-0.39, 0.29) is 42.9 Å². The summed E-state index contributed by atoms with van der Waals surface area (Å²) in [4.78, 5) is 49.5. The summed E-state index contributed by atoms with van der Waals surface area (Å²) in [6.45, 7) is 12.5. The van der Waals surface area contributed by atoms with Crippen molar-refractivity contribution in [3.05, 3.63) is 0 Å². The molecule has 1 saturated heterocycles. The molecule has 62 heavy (non-hydrogen) atoms. The predicted molar refractivity (Wildman–Crippen MR) is 233 cm³/mol. The summed E-state index contributed by atoms with van der Waals surface area (Å²) < 4.78 is 39.1. The summed E-state index contributed by atoms with van der Waals surface area (Å²) in [5.74, 6) is -0.724. The Hall–Kier alpha value is -2.72. The number of amides is 5. The number of urea groups is 1. The Labute approximate surface area is 370 Å². The zero-order valence-electron chi connectivity index (χ0n) is 38.4. The molecule has 0 aliphatic carbocycles. The third kappa shape index (κ3) is 26.8. The van der Waals surface area contributed by atoms with E-state index in [1.807, 2.05) is 6.92 Å². The molecule has 0 bridgehead atoms. The Kier molecular flexibility index (Phi) is 33.8. The zero-order valence-corrected chi connectivity index (χ0v) is 38.4. The number of aliphatic hydroxyl groups excluding tert-OH is 3. The van der Waals surface area contributed by atoms with Crippen LogP contribution >= 0.6 is 0 Å². The minimum Gasteiger partial charge on any atom is -0.394 e. The van der Waals surface area contributed by atoms with Gasteiger partial charge < -0.3 is 75.1 Å². The maximum absolute atomic E-state index is 13.2. The molecule has 0 saturated carbocycles. The highest BCUT2D eigenvalue weighted by Gasteiger charge is 2.44. The van der Waals surface area contributed by atoms with Gasteiger partial charge >= 0.3 is 6.03 Å². The first-order valence-electron chi connectivity index (χ1n) is 22.8. The van der Waals surface area contributed by atoms with Crippen molar-refractivity contribution in [1.29, 1.82) is 0 Å². The van der Waals surface area contributed by atoms with E-state index in [0.717, 1.165) is 38.7 Å². The van der Waals surface area contributed by atoms with Crippen molar-refractivity contribution in [2.24, 2.45) is 5.92 Å². The first kappa shape index (κ1) is 57.3. The molecule has 2 unspecified atom stereocenters. The number of carbonyl (C=O) groups excluding carboxylic acids is 4. The van der Waals surface area contributed by atoms with Crippen LogP contribution in [0.15, 0.2) is 0 Å². The first-order chi connectivity index (χ1) is 29.9. The van der Waals surface area contributed by atoms with Crippen LogP contribution in [0, 0.1) is 5.92 Å². The highest BCUT2D eigenvalue weighted by Crippen LogP contribution is 2.28. The summed E-state index contributed by atoms with van der Waals surface area (Å²) in [6.07, 6.45) is 4.61. The SMILES string of the molecule is CCCCC(CCCNC(=O)NCCOCCCOCCC[C@H]1O[C@H](CO)[C@H](O)[C@H](O)[C@H]1NC(C)=O)(CCCC(C)C(=O)NC)NC(=O)COCCOCCOCCOCCC. The van der Waals surface area contributed by atoms with E-state index in [9.17, 15) is 34.5 Å². The van der Waals surface area contributed by atoms with Crippen LogP contribution in [-0.2, 0) is 47.5 Å². The van der Waals surface area contributed by atoms with E-state index in [2.05, 4.69) is 40.4 Å². The molecular formula is C43H83N5O14. The van der Waals surface area contributed by atoms with Crippen molar-refractivity contribution < 1.29 is 67.7 Å². The zero-order chi connectivity index (χ0) is 45.9. The number of rotatable bonds is 39. The Morgan fingerprint density at radius 3 is 1.89 bits per heavy atom. The summed E-state index contributed by atoms with van der Waals surface area (Å²) in [5, 5.41) is 44.4. The van der Waals surface area contributed by atoms with Crippen molar-refractivity contribution in [3.8, 4) is 0 Å². The summed E-state index contributed by atoms with van der Waals surface area (Å²) in [5.41, 5.74) is -0.512. The molecular weight excluding hydrogens is 810 g/mol. The molecule has 1 aliphatic heterocycles. The molecule has 7 atom stereocenters. The first-order valence-corrected chi connectivity index (χ1v) is 22.8. The molecule has 19 nitrogen and oxygen atoms in total. The lowest BCUT2D eigenvalue weighted by Gasteiger charge is -2.42. The van der Waals surface area contributed by atoms with Gasteiger partial charge in [0.1, 0.15) is 24.9 Å². The van der Waals surface area contributed by atoms with Crippen molar-refractivity contribution in [3.63, 3.8) is 0 Å². The Morgan fingerprint density at radius 2 is 1.26 bits per heavy atom. The number of ether oxygens (including phenoxy) is 7. The van der Waals surface area contributed by atoms with Crippen LogP contribution in [0.5, 0.6) is 0 Å². The summed E-state index contributed by atoms with van der Waals surface area (Å²) >= 11 is 0. The van der Waals surface area contributed by atoms with Crippen LogP contribution in [0.25, 0.3) is 0 Å². The number of hydrogen-bond donors (Lipinski definition) is 8. The maximum atomic E-state index is 13.2. The van der Waals surface area contributed by atoms with Gasteiger partial charge in [-0.2, -0.15) is 0 Å². The second kappa shape index (κ2) is 36.6. The molecule has 364 valence electrons. The molecule has 0 aromatic carbocycles. The molecule has 0 spiro atoms. The van der Waals surface area contributed by atoms with Crippen LogP contribution in [0.4, 0.5) is 4.79 Å². The lowest BCUT2D eigenvalue weighted by atomic mass is 9.82. The minimum absolute atomic E-state index is 0.00990. The van der Waals surface area contributed by atoms with Crippen LogP contribution in [0.2, 0.25) is 0 Å². The van der Waals surface area contributed by atoms with Crippen LogP contribution in [0.3, 0.4) is 0 Å². The number of nitrogens with one attached hydrogen (secondary N) is 5. The Bertz CT molecular complexity index is 1180. The van der Waals surface area contributed by atoms with Gasteiger partial charge in [-0.05, 0) is 57.8 Å². The molecule has 0 radical (unpaired) electrons. The molecule has 1 fully saturated rings. The fourth-order valence-electron chi connectivity index (χ4n) is 7.14. The van der Waals surface area contributed by atoms with Crippen LogP contribution in [-0.4, -0.2) is 181 Å². The average molecular weight is 894 g/mol. The highest BCUT2D eigenvalue weighted by atomic mass is 16.6.